The average molecular weight is 344 g/mol. The van der Waals surface area contributed by atoms with E-state index in [9.17, 15) is 9.59 Å². The van der Waals surface area contributed by atoms with Gasteiger partial charge in [0.25, 0.3) is 5.91 Å². The highest BCUT2D eigenvalue weighted by Gasteiger charge is 2.29. The summed E-state index contributed by atoms with van der Waals surface area (Å²) in [6.45, 7) is 1.96. The molecule has 0 fully saturated rings. The normalized spacial score (nSPS) is 16.0. The van der Waals surface area contributed by atoms with Crippen molar-refractivity contribution in [3.63, 3.8) is 0 Å². The zero-order valence-corrected chi connectivity index (χ0v) is 13.7. The third kappa shape index (κ3) is 3.90. The Bertz CT molecular complexity index is 756. The molecule has 0 saturated heterocycles. The van der Waals surface area contributed by atoms with Crippen molar-refractivity contribution in [3.8, 4) is 0 Å². The van der Waals surface area contributed by atoms with E-state index in [1.807, 2.05) is 36.6 Å². The van der Waals surface area contributed by atoms with E-state index in [0.29, 0.717) is 12.1 Å². The number of hydrogen-bond acceptors (Lipinski definition) is 5. The zero-order chi connectivity index (χ0) is 16.9. The van der Waals surface area contributed by atoms with Crippen LogP contribution in [0.5, 0.6) is 0 Å². The van der Waals surface area contributed by atoms with Crippen LogP contribution in [0, 0.1) is 6.92 Å². The summed E-state index contributed by atoms with van der Waals surface area (Å²) in [4.78, 5) is 29.9. The second-order valence-corrected chi connectivity index (χ2v) is 6.20. The number of hydrogen-bond donors (Lipinski definition) is 3. The van der Waals surface area contributed by atoms with E-state index in [-0.39, 0.29) is 0 Å². The molecule has 0 unspecified atom stereocenters. The first-order chi connectivity index (χ1) is 11.6. The Balaban J connectivity index is 1.44. The highest BCUT2D eigenvalue weighted by Crippen LogP contribution is 2.20. The summed E-state index contributed by atoms with van der Waals surface area (Å²) in [6, 6.07) is 10.6. The molecule has 0 saturated carbocycles. The SMILES string of the molecule is Cc1ccc(NC(=O)NNC(=O)[C@@H]2CC(c3cccs3)=NO2)cc1. The number of amides is 3. The summed E-state index contributed by atoms with van der Waals surface area (Å²) >= 11 is 1.53. The molecule has 124 valence electrons. The minimum atomic E-state index is -0.748. The molecule has 0 radical (unpaired) electrons. The molecule has 2 aromatic rings. The molecule has 1 aromatic heterocycles. The van der Waals surface area contributed by atoms with Gasteiger partial charge in [-0.25, -0.2) is 10.2 Å². The number of oxime groups is 1. The van der Waals surface area contributed by atoms with Gasteiger partial charge in [-0.1, -0.05) is 28.9 Å². The maximum atomic E-state index is 12.0. The number of benzene rings is 1. The number of nitrogens with zero attached hydrogens (tertiary/aromatic N) is 1. The minimum absolute atomic E-state index is 0.369. The lowest BCUT2D eigenvalue weighted by molar-refractivity contribution is -0.131. The fourth-order valence-corrected chi connectivity index (χ4v) is 2.82. The van der Waals surface area contributed by atoms with Crippen LogP contribution in [0.15, 0.2) is 46.9 Å². The molecular weight excluding hydrogens is 328 g/mol. The van der Waals surface area contributed by atoms with Crippen LogP contribution >= 0.6 is 11.3 Å². The van der Waals surface area contributed by atoms with Crippen molar-refractivity contribution in [1.29, 1.82) is 0 Å². The predicted octanol–water partition coefficient (Wildman–Crippen LogP) is 2.40. The largest absolute Gasteiger partial charge is 0.382 e. The Kier molecular flexibility index (Phi) is 4.76. The summed E-state index contributed by atoms with van der Waals surface area (Å²) in [5.41, 5.74) is 7.07. The first-order valence-corrected chi connectivity index (χ1v) is 8.20. The van der Waals surface area contributed by atoms with Crippen molar-refractivity contribution in [3.05, 3.63) is 52.2 Å². The topological polar surface area (TPSA) is 91.8 Å². The van der Waals surface area contributed by atoms with Crippen molar-refractivity contribution >= 4 is 34.7 Å². The van der Waals surface area contributed by atoms with Crippen LogP contribution in [-0.4, -0.2) is 23.8 Å². The average Bonchev–Trinajstić information content (AvgIpc) is 3.25. The standard InChI is InChI=1S/C16H16N4O3S/c1-10-4-6-11(7-5-10)17-16(22)19-18-15(21)13-9-12(20-23-13)14-3-2-8-24-14/h2-8,13H,9H2,1H3,(H,18,21)(H2,17,19,22)/t13-/m0/s1. The number of nitrogens with one attached hydrogen (secondary N) is 3. The van der Waals surface area contributed by atoms with E-state index in [1.54, 1.807) is 12.1 Å². The number of carbonyl (C=O) groups excluding carboxylic acids is 2. The Morgan fingerprint density at radius 3 is 2.71 bits per heavy atom. The Morgan fingerprint density at radius 1 is 1.21 bits per heavy atom. The quantitative estimate of drug-likeness (QED) is 0.747. The fraction of sp³-hybridized carbons (Fsp3) is 0.188. The summed E-state index contributed by atoms with van der Waals surface area (Å²) in [7, 11) is 0. The van der Waals surface area contributed by atoms with E-state index in [4.69, 9.17) is 4.84 Å². The van der Waals surface area contributed by atoms with Gasteiger partial charge in [-0.2, -0.15) is 0 Å². The molecule has 3 rings (SSSR count). The van der Waals surface area contributed by atoms with Gasteiger partial charge in [-0.3, -0.25) is 10.2 Å². The number of aryl methyl sites for hydroxylation is 1. The molecule has 3 amide bonds. The first kappa shape index (κ1) is 16.0. The third-order valence-electron chi connectivity index (χ3n) is 3.38. The van der Waals surface area contributed by atoms with Crippen LogP contribution in [0.3, 0.4) is 0 Å². The molecule has 0 aliphatic carbocycles. The van der Waals surface area contributed by atoms with Gasteiger partial charge in [0.05, 0.1) is 4.88 Å². The molecule has 7 nitrogen and oxygen atoms in total. The zero-order valence-electron chi connectivity index (χ0n) is 12.9. The van der Waals surface area contributed by atoms with Gasteiger partial charge in [-0.15, -0.1) is 11.3 Å². The molecule has 1 aliphatic heterocycles. The lowest BCUT2D eigenvalue weighted by Crippen LogP contribution is -2.48. The van der Waals surface area contributed by atoms with Crippen LogP contribution in [0.1, 0.15) is 16.9 Å². The second-order valence-electron chi connectivity index (χ2n) is 5.25. The van der Waals surface area contributed by atoms with Gasteiger partial charge in [0.1, 0.15) is 5.71 Å². The molecule has 0 bridgehead atoms. The highest BCUT2D eigenvalue weighted by molar-refractivity contribution is 7.12. The van der Waals surface area contributed by atoms with Gasteiger partial charge >= 0.3 is 6.03 Å². The maximum Gasteiger partial charge on any atom is 0.337 e. The summed E-state index contributed by atoms with van der Waals surface area (Å²) in [5.74, 6) is -0.454. The van der Waals surface area contributed by atoms with Crippen LogP contribution in [0.4, 0.5) is 10.5 Å². The number of anilines is 1. The van der Waals surface area contributed by atoms with Crippen LogP contribution in [-0.2, 0) is 9.63 Å². The van der Waals surface area contributed by atoms with Crippen LogP contribution in [0.25, 0.3) is 0 Å². The molecule has 3 N–H and O–H groups in total. The fourth-order valence-electron chi connectivity index (χ4n) is 2.10. The second kappa shape index (κ2) is 7.14. The number of thiophene rings is 1. The number of rotatable bonds is 3. The van der Waals surface area contributed by atoms with Gasteiger partial charge in [0, 0.05) is 12.1 Å². The number of urea groups is 1. The minimum Gasteiger partial charge on any atom is -0.382 e. The summed E-state index contributed by atoms with van der Waals surface area (Å²) < 4.78 is 0. The van der Waals surface area contributed by atoms with Crippen LogP contribution in [0.2, 0.25) is 0 Å². The van der Waals surface area contributed by atoms with E-state index in [0.717, 1.165) is 16.2 Å². The molecular formula is C16H16N4O3S. The molecule has 2 heterocycles. The van der Waals surface area contributed by atoms with Crippen molar-refractivity contribution in [1.82, 2.24) is 10.9 Å². The van der Waals surface area contributed by atoms with Crippen molar-refractivity contribution in [2.45, 2.75) is 19.4 Å². The molecule has 1 atom stereocenters. The first-order valence-electron chi connectivity index (χ1n) is 7.32. The number of hydrazine groups is 1. The molecule has 8 heteroatoms. The lowest BCUT2D eigenvalue weighted by atomic mass is 10.1. The summed E-state index contributed by atoms with van der Waals surface area (Å²) in [6.07, 6.45) is -0.380. The molecule has 1 aromatic carbocycles. The van der Waals surface area contributed by atoms with Crippen molar-refractivity contribution < 1.29 is 14.4 Å². The molecule has 24 heavy (non-hydrogen) atoms. The Labute approximate surface area is 142 Å². The third-order valence-corrected chi connectivity index (χ3v) is 4.29. The monoisotopic (exact) mass is 344 g/mol. The van der Waals surface area contributed by atoms with E-state index >= 15 is 0 Å². The Morgan fingerprint density at radius 2 is 2.00 bits per heavy atom. The smallest absolute Gasteiger partial charge is 0.337 e. The Hall–Kier alpha value is -2.87. The van der Waals surface area contributed by atoms with Gasteiger partial charge in [0.15, 0.2) is 0 Å². The predicted molar refractivity (Wildman–Crippen MR) is 91.8 cm³/mol. The van der Waals surface area contributed by atoms with Gasteiger partial charge in [0.2, 0.25) is 6.10 Å². The molecule has 1 aliphatic rings. The number of carbonyl (C=O) groups is 2. The molecule has 0 spiro atoms. The lowest BCUT2D eigenvalue weighted by Gasteiger charge is -2.11. The highest BCUT2D eigenvalue weighted by atomic mass is 32.1. The van der Waals surface area contributed by atoms with E-state index in [2.05, 4.69) is 21.3 Å². The van der Waals surface area contributed by atoms with Gasteiger partial charge in [-0.05, 0) is 30.5 Å². The maximum absolute atomic E-state index is 12.0. The van der Waals surface area contributed by atoms with Crippen LogP contribution < -0.4 is 16.2 Å². The van der Waals surface area contributed by atoms with E-state index in [1.165, 1.54) is 11.3 Å². The summed E-state index contributed by atoms with van der Waals surface area (Å²) in [5, 5.41) is 8.47. The van der Waals surface area contributed by atoms with Crippen molar-refractivity contribution in [2.75, 3.05) is 5.32 Å². The van der Waals surface area contributed by atoms with Gasteiger partial charge < -0.3 is 10.2 Å². The van der Waals surface area contributed by atoms with Crippen molar-refractivity contribution in [2.24, 2.45) is 5.16 Å². The van der Waals surface area contributed by atoms with E-state index < -0.39 is 18.0 Å².